The maximum Gasteiger partial charge on any atom is 0.251 e. The van der Waals surface area contributed by atoms with Crippen molar-refractivity contribution < 1.29 is 0 Å². The summed E-state index contributed by atoms with van der Waals surface area (Å²) in [6, 6.07) is 1.95. The number of nitrogens with zero attached hydrogens (tertiary/aromatic N) is 1. The standard InChI is InChI=1S/C11H19N3OS/c1-4-16-7-10-13-9(5-11(15)14-10)6-12-8(2)3/h5,8,12H,4,6-7H2,1-3H3,(H,13,14,15). The molecule has 0 atom stereocenters. The van der Waals surface area contributed by atoms with Gasteiger partial charge in [-0.3, -0.25) is 4.79 Å². The molecule has 1 aromatic heterocycles. The van der Waals surface area contributed by atoms with Gasteiger partial charge in [0.25, 0.3) is 5.56 Å². The second-order valence-corrected chi connectivity index (χ2v) is 5.13. The van der Waals surface area contributed by atoms with E-state index in [2.05, 4.69) is 36.1 Å². The summed E-state index contributed by atoms with van der Waals surface area (Å²) in [5, 5.41) is 3.25. The highest BCUT2D eigenvalue weighted by Crippen LogP contribution is 2.06. The van der Waals surface area contributed by atoms with Crippen molar-refractivity contribution in [2.24, 2.45) is 0 Å². The summed E-state index contributed by atoms with van der Waals surface area (Å²) in [5.41, 5.74) is 0.742. The van der Waals surface area contributed by atoms with Crippen LogP contribution in [-0.4, -0.2) is 21.8 Å². The molecule has 0 aromatic carbocycles. The third kappa shape index (κ3) is 4.81. The zero-order chi connectivity index (χ0) is 12.0. The molecule has 0 unspecified atom stereocenters. The molecular weight excluding hydrogens is 222 g/mol. The van der Waals surface area contributed by atoms with E-state index in [1.54, 1.807) is 17.8 Å². The Bertz CT molecular complexity index is 376. The highest BCUT2D eigenvalue weighted by Gasteiger charge is 2.02. The number of H-pyrrole nitrogens is 1. The van der Waals surface area contributed by atoms with Crippen LogP contribution in [0, 0.1) is 0 Å². The first-order valence-electron chi connectivity index (χ1n) is 5.52. The maximum atomic E-state index is 11.4. The Morgan fingerprint density at radius 1 is 1.56 bits per heavy atom. The van der Waals surface area contributed by atoms with Crippen molar-refractivity contribution in [1.82, 2.24) is 15.3 Å². The summed E-state index contributed by atoms with van der Waals surface area (Å²) in [6.45, 7) is 6.88. The predicted octanol–water partition coefficient (Wildman–Crippen LogP) is 1.52. The van der Waals surface area contributed by atoms with Crippen molar-refractivity contribution >= 4 is 11.8 Å². The highest BCUT2D eigenvalue weighted by molar-refractivity contribution is 7.98. The lowest BCUT2D eigenvalue weighted by Crippen LogP contribution is -2.24. The van der Waals surface area contributed by atoms with Crippen molar-refractivity contribution in [2.45, 2.75) is 39.1 Å². The Labute approximate surface area is 100 Å². The van der Waals surface area contributed by atoms with Gasteiger partial charge in [0.2, 0.25) is 0 Å². The summed E-state index contributed by atoms with van der Waals surface area (Å²) in [7, 11) is 0. The van der Waals surface area contributed by atoms with Gasteiger partial charge in [-0.1, -0.05) is 20.8 Å². The van der Waals surface area contributed by atoms with Crippen molar-refractivity contribution in [3.05, 3.63) is 27.9 Å². The van der Waals surface area contributed by atoms with Gasteiger partial charge in [-0.15, -0.1) is 0 Å². The minimum absolute atomic E-state index is 0.0674. The van der Waals surface area contributed by atoms with Crippen molar-refractivity contribution in [2.75, 3.05) is 5.75 Å². The van der Waals surface area contributed by atoms with Gasteiger partial charge < -0.3 is 10.3 Å². The molecule has 0 saturated carbocycles. The number of aromatic nitrogens is 2. The first-order chi connectivity index (χ1) is 7.61. The molecule has 0 bridgehead atoms. The average molecular weight is 241 g/mol. The number of rotatable bonds is 6. The van der Waals surface area contributed by atoms with Crippen LogP contribution < -0.4 is 10.9 Å². The molecule has 1 aromatic rings. The molecule has 0 spiro atoms. The van der Waals surface area contributed by atoms with Crippen LogP contribution in [0.1, 0.15) is 32.3 Å². The maximum absolute atomic E-state index is 11.4. The van der Waals surface area contributed by atoms with E-state index in [1.165, 1.54) is 0 Å². The zero-order valence-electron chi connectivity index (χ0n) is 10.0. The first kappa shape index (κ1) is 13.3. The smallest absolute Gasteiger partial charge is 0.251 e. The van der Waals surface area contributed by atoms with Gasteiger partial charge in [0, 0.05) is 18.7 Å². The van der Waals surface area contributed by atoms with Crippen LogP contribution in [0.2, 0.25) is 0 Å². The van der Waals surface area contributed by atoms with E-state index < -0.39 is 0 Å². The molecule has 1 rings (SSSR count). The van der Waals surface area contributed by atoms with Crippen LogP contribution in [0.5, 0.6) is 0 Å². The lowest BCUT2D eigenvalue weighted by atomic mass is 10.3. The highest BCUT2D eigenvalue weighted by atomic mass is 32.2. The van der Waals surface area contributed by atoms with Crippen LogP contribution in [0.4, 0.5) is 0 Å². The van der Waals surface area contributed by atoms with Crippen LogP contribution in [0.25, 0.3) is 0 Å². The molecule has 0 saturated heterocycles. The third-order valence-electron chi connectivity index (χ3n) is 1.98. The quantitative estimate of drug-likeness (QED) is 0.793. The molecule has 16 heavy (non-hydrogen) atoms. The van der Waals surface area contributed by atoms with Gasteiger partial charge in [0.05, 0.1) is 11.4 Å². The number of hydrogen-bond acceptors (Lipinski definition) is 4. The predicted molar refractivity (Wildman–Crippen MR) is 68.7 cm³/mol. The molecule has 5 heteroatoms. The Hall–Kier alpha value is -0.810. The summed E-state index contributed by atoms with van der Waals surface area (Å²) in [6.07, 6.45) is 0. The van der Waals surface area contributed by atoms with E-state index in [4.69, 9.17) is 0 Å². The van der Waals surface area contributed by atoms with Crippen LogP contribution in [-0.2, 0) is 12.3 Å². The number of hydrogen-bond donors (Lipinski definition) is 2. The lowest BCUT2D eigenvalue weighted by Gasteiger charge is -2.08. The molecule has 0 amide bonds. The van der Waals surface area contributed by atoms with Crippen LogP contribution >= 0.6 is 11.8 Å². The fourth-order valence-corrected chi connectivity index (χ4v) is 1.76. The molecule has 0 aliphatic carbocycles. The number of thioether (sulfide) groups is 1. The molecular formula is C11H19N3OS. The molecule has 0 radical (unpaired) electrons. The molecule has 2 N–H and O–H groups in total. The molecule has 4 nitrogen and oxygen atoms in total. The largest absolute Gasteiger partial charge is 0.310 e. The van der Waals surface area contributed by atoms with E-state index in [9.17, 15) is 4.79 Å². The summed E-state index contributed by atoms with van der Waals surface area (Å²) < 4.78 is 0. The van der Waals surface area contributed by atoms with E-state index in [0.29, 0.717) is 12.6 Å². The normalized spacial score (nSPS) is 11.0. The Morgan fingerprint density at radius 2 is 2.31 bits per heavy atom. The molecule has 0 aliphatic rings. The fourth-order valence-electron chi connectivity index (χ4n) is 1.23. The zero-order valence-corrected chi connectivity index (χ0v) is 10.9. The van der Waals surface area contributed by atoms with E-state index in [1.807, 2.05) is 0 Å². The SMILES string of the molecule is CCSCc1nc(CNC(C)C)cc(=O)[nH]1. The molecule has 1 heterocycles. The Morgan fingerprint density at radius 3 is 2.94 bits per heavy atom. The molecule has 90 valence electrons. The van der Waals surface area contributed by atoms with Crippen LogP contribution in [0.15, 0.2) is 10.9 Å². The minimum Gasteiger partial charge on any atom is -0.310 e. The van der Waals surface area contributed by atoms with Gasteiger partial charge >= 0.3 is 0 Å². The molecule has 0 fully saturated rings. The lowest BCUT2D eigenvalue weighted by molar-refractivity contribution is 0.579. The number of aromatic amines is 1. The van der Waals surface area contributed by atoms with Crippen molar-refractivity contribution in [1.29, 1.82) is 0 Å². The van der Waals surface area contributed by atoms with Gasteiger partial charge in [-0.2, -0.15) is 11.8 Å². The van der Waals surface area contributed by atoms with E-state index in [0.717, 1.165) is 23.0 Å². The Balaban J connectivity index is 2.69. The van der Waals surface area contributed by atoms with Crippen LogP contribution in [0.3, 0.4) is 0 Å². The van der Waals surface area contributed by atoms with E-state index in [-0.39, 0.29) is 5.56 Å². The monoisotopic (exact) mass is 241 g/mol. The van der Waals surface area contributed by atoms with Crippen molar-refractivity contribution in [3.63, 3.8) is 0 Å². The fraction of sp³-hybridized carbons (Fsp3) is 0.636. The van der Waals surface area contributed by atoms with Gasteiger partial charge in [-0.05, 0) is 5.75 Å². The summed E-state index contributed by atoms with van der Waals surface area (Å²) >= 11 is 1.75. The minimum atomic E-state index is -0.0674. The van der Waals surface area contributed by atoms with Gasteiger partial charge in [0.1, 0.15) is 5.82 Å². The molecule has 0 aliphatic heterocycles. The summed E-state index contributed by atoms with van der Waals surface area (Å²) in [5.74, 6) is 2.55. The summed E-state index contributed by atoms with van der Waals surface area (Å²) in [4.78, 5) is 18.5. The second kappa shape index (κ2) is 6.70. The van der Waals surface area contributed by atoms with E-state index >= 15 is 0 Å². The number of nitrogens with one attached hydrogen (secondary N) is 2. The first-order valence-corrected chi connectivity index (χ1v) is 6.67. The van der Waals surface area contributed by atoms with Crippen molar-refractivity contribution in [3.8, 4) is 0 Å². The Kier molecular flexibility index (Phi) is 5.55. The topological polar surface area (TPSA) is 57.8 Å². The van der Waals surface area contributed by atoms with Gasteiger partial charge in [-0.25, -0.2) is 4.98 Å². The third-order valence-corrected chi connectivity index (χ3v) is 2.86. The second-order valence-electron chi connectivity index (χ2n) is 3.86. The van der Waals surface area contributed by atoms with Gasteiger partial charge in [0.15, 0.2) is 0 Å². The average Bonchev–Trinajstić information content (AvgIpc) is 2.23.